The monoisotopic (exact) mass is 624 g/mol. The number of nitrogens with zero attached hydrogens (tertiary/aromatic N) is 1. The molecule has 0 saturated carbocycles. The van der Waals surface area contributed by atoms with Gasteiger partial charge in [-0.15, -0.1) is 0 Å². The lowest BCUT2D eigenvalue weighted by molar-refractivity contribution is -0.142. The molecule has 2 aromatic carbocycles. The quantitative estimate of drug-likeness (QED) is 0.0525. The predicted molar refractivity (Wildman–Crippen MR) is 167 cm³/mol. The van der Waals surface area contributed by atoms with Gasteiger partial charge in [-0.25, -0.2) is 4.79 Å². The maximum absolute atomic E-state index is 13.5. The van der Waals surface area contributed by atoms with Crippen molar-refractivity contribution < 1.29 is 34.5 Å². The van der Waals surface area contributed by atoms with Gasteiger partial charge >= 0.3 is 5.97 Å². The highest BCUT2D eigenvalue weighted by molar-refractivity contribution is 5.95. The average molecular weight is 625 g/mol. The third kappa shape index (κ3) is 10.2. The summed E-state index contributed by atoms with van der Waals surface area (Å²) in [5.41, 5.74) is 18.8. The molecule has 0 saturated heterocycles. The van der Waals surface area contributed by atoms with E-state index in [1.54, 1.807) is 18.3 Å². The first-order valence-corrected chi connectivity index (χ1v) is 14.3. The second-order valence-corrected chi connectivity index (χ2v) is 10.7. The van der Waals surface area contributed by atoms with E-state index in [1.165, 1.54) is 19.1 Å². The van der Waals surface area contributed by atoms with Crippen molar-refractivity contribution in [3.63, 3.8) is 0 Å². The first-order chi connectivity index (χ1) is 21.3. The van der Waals surface area contributed by atoms with Crippen molar-refractivity contribution >= 4 is 40.6 Å². The summed E-state index contributed by atoms with van der Waals surface area (Å²) in [5, 5.41) is 37.9. The molecule has 15 nitrogen and oxygen atoms in total. The molecule has 0 fully saturated rings. The number of aliphatic hydroxyl groups excluding tert-OH is 1. The van der Waals surface area contributed by atoms with Gasteiger partial charge < -0.3 is 53.5 Å². The van der Waals surface area contributed by atoms with E-state index in [9.17, 15) is 34.5 Å². The Morgan fingerprint density at radius 2 is 1.58 bits per heavy atom. The van der Waals surface area contributed by atoms with Gasteiger partial charge in [0.25, 0.3) is 0 Å². The smallest absolute Gasteiger partial charge is 0.326 e. The first kappa shape index (κ1) is 34.3. The molecule has 0 aliphatic carbocycles. The molecule has 242 valence electrons. The van der Waals surface area contributed by atoms with Gasteiger partial charge in [-0.2, -0.15) is 0 Å². The largest absolute Gasteiger partial charge is 0.508 e. The van der Waals surface area contributed by atoms with Gasteiger partial charge in [-0.05, 0) is 55.5 Å². The molecule has 5 atom stereocenters. The third-order valence-electron chi connectivity index (χ3n) is 7.08. The Morgan fingerprint density at radius 1 is 0.911 bits per heavy atom. The number of nitrogens with one attached hydrogen (secondary N) is 4. The van der Waals surface area contributed by atoms with Crippen LogP contribution in [-0.2, 0) is 32.0 Å². The van der Waals surface area contributed by atoms with Crippen LogP contribution >= 0.6 is 0 Å². The summed E-state index contributed by atoms with van der Waals surface area (Å²) in [6.45, 7) is 1.45. The molecule has 3 rings (SSSR count). The molecule has 1 heterocycles. The Morgan fingerprint density at radius 3 is 2.22 bits per heavy atom. The second kappa shape index (κ2) is 16.1. The number of nitrogens with two attached hydrogens (primary N) is 3. The lowest BCUT2D eigenvalue weighted by atomic mass is 10.0. The maximum Gasteiger partial charge on any atom is 0.326 e. The summed E-state index contributed by atoms with van der Waals surface area (Å²) < 4.78 is 0. The van der Waals surface area contributed by atoms with Crippen LogP contribution in [0, 0.1) is 0 Å². The minimum atomic E-state index is -1.49. The van der Waals surface area contributed by atoms with Crippen LogP contribution in [0.2, 0.25) is 0 Å². The van der Waals surface area contributed by atoms with Gasteiger partial charge in [0.2, 0.25) is 17.7 Å². The van der Waals surface area contributed by atoms with Crippen molar-refractivity contribution in [2.75, 3.05) is 6.54 Å². The number of amides is 3. The average Bonchev–Trinajstić information content (AvgIpc) is 3.40. The number of hydrogen-bond acceptors (Lipinski definition) is 8. The number of fused-ring (bicyclic) bond motifs is 1. The first-order valence-electron chi connectivity index (χ1n) is 14.3. The number of rotatable bonds is 16. The highest BCUT2D eigenvalue weighted by Crippen LogP contribution is 2.19. The molecule has 0 radical (unpaired) electrons. The molecule has 0 aliphatic heterocycles. The number of para-hydroxylation sites is 1. The van der Waals surface area contributed by atoms with Crippen LogP contribution in [0.4, 0.5) is 0 Å². The van der Waals surface area contributed by atoms with Crippen LogP contribution in [0.1, 0.15) is 30.9 Å². The Labute approximate surface area is 259 Å². The summed E-state index contributed by atoms with van der Waals surface area (Å²) in [4.78, 5) is 58.7. The lowest BCUT2D eigenvalue weighted by Gasteiger charge is -2.26. The van der Waals surface area contributed by atoms with E-state index in [4.69, 9.17) is 17.2 Å². The third-order valence-corrected chi connectivity index (χ3v) is 7.08. The van der Waals surface area contributed by atoms with Crippen LogP contribution in [0.3, 0.4) is 0 Å². The van der Waals surface area contributed by atoms with Gasteiger partial charge in [-0.1, -0.05) is 30.3 Å². The summed E-state index contributed by atoms with van der Waals surface area (Å²) in [6.07, 6.45) is 0.617. The fraction of sp³-hybridized carbons (Fsp3) is 0.367. The Hall–Kier alpha value is -5.15. The fourth-order valence-corrected chi connectivity index (χ4v) is 4.67. The number of aromatic nitrogens is 1. The molecule has 5 unspecified atom stereocenters. The number of aromatic hydroxyl groups is 1. The van der Waals surface area contributed by atoms with E-state index < -0.39 is 54.0 Å². The number of guanidine groups is 1. The predicted octanol–water partition coefficient (Wildman–Crippen LogP) is -1.04. The van der Waals surface area contributed by atoms with Crippen LogP contribution in [-0.4, -0.2) is 86.8 Å². The molecule has 13 N–H and O–H groups in total. The normalized spacial score (nSPS) is 14.4. The molecule has 45 heavy (non-hydrogen) atoms. The number of carboxylic acids is 1. The number of phenols is 1. The molecule has 15 heteroatoms. The number of aliphatic imine (C=N–C) groups is 1. The van der Waals surface area contributed by atoms with Crippen molar-refractivity contribution in [2.45, 2.75) is 62.9 Å². The highest BCUT2D eigenvalue weighted by Gasteiger charge is 2.33. The van der Waals surface area contributed by atoms with E-state index in [2.05, 4.69) is 25.9 Å². The van der Waals surface area contributed by atoms with Crippen molar-refractivity contribution in [3.8, 4) is 5.75 Å². The van der Waals surface area contributed by atoms with Crippen LogP contribution in [0.5, 0.6) is 5.75 Å². The van der Waals surface area contributed by atoms with Crippen molar-refractivity contribution in [2.24, 2.45) is 22.2 Å². The number of aliphatic hydroxyl groups is 1. The highest BCUT2D eigenvalue weighted by atomic mass is 16.4. The number of carboxylic acid groups (broad SMARTS) is 1. The van der Waals surface area contributed by atoms with Crippen molar-refractivity contribution in [3.05, 3.63) is 65.9 Å². The van der Waals surface area contributed by atoms with Crippen LogP contribution in [0.15, 0.2) is 59.7 Å². The number of aromatic amines is 1. The van der Waals surface area contributed by atoms with E-state index >= 15 is 0 Å². The van der Waals surface area contributed by atoms with Gasteiger partial charge in [-0.3, -0.25) is 19.4 Å². The second-order valence-electron chi connectivity index (χ2n) is 10.7. The molecule has 0 spiro atoms. The zero-order chi connectivity index (χ0) is 33.1. The Bertz CT molecular complexity index is 1500. The molecule has 3 aromatic rings. The molecule has 1 aromatic heterocycles. The van der Waals surface area contributed by atoms with E-state index in [-0.39, 0.29) is 43.9 Å². The van der Waals surface area contributed by atoms with Gasteiger partial charge in [0.15, 0.2) is 5.96 Å². The SMILES string of the molecule is CC(O)C(NC(=O)C(N)Cc1ccc(O)cc1)C(=O)NC(Cc1c[nH]c2ccccc12)C(=O)NC(CCCN=C(N)N)C(=O)O. The standard InChI is InChI=1S/C30H40N8O7/c1-16(39)25(38-26(41)21(31)13-17-8-10-19(40)11-9-17)28(43)37-24(14-18-15-35-22-6-3-2-5-20(18)22)27(42)36-23(29(44)45)7-4-12-34-30(32)33/h2-3,5-6,8-11,15-16,21,23-25,35,39-40H,4,7,12-14,31H2,1H3,(H,36,42)(H,37,43)(H,38,41)(H,44,45)(H4,32,33,34). The summed E-state index contributed by atoms with van der Waals surface area (Å²) in [5.74, 6) is -3.78. The molecule has 0 aliphatic rings. The van der Waals surface area contributed by atoms with Crippen LogP contribution < -0.4 is 33.2 Å². The minimum absolute atomic E-state index is 0.0108. The van der Waals surface area contributed by atoms with Crippen molar-refractivity contribution in [1.29, 1.82) is 0 Å². The van der Waals surface area contributed by atoms with E-state index in [0.29, 0.717) is 11.1 Å². The molecule has 3 amide bonds. The summed E-state index contributed by atoms with van der Waals surface area (Å²) in [6, 6.07) is 8.22. The zero-order valence-corrected chi connectivity index (χ0v) is 24.8. The van der Waals surface area contributed by atoms with Gasteiger partial charge in [0, 0.05) is 30.1 Å². The maximum atomic E-state index is 13.5. The Kier molecular flexibility index (Phi) is 12.3. The number of aliphatic carboxylic acids is 1. The molecular weight excluding hydrogens is 584 g/mol. The van der Waals surface area contributed by atoms with Crippen molar-refractivity contribution in [1.82, 2.24) is 20.9 Å². The topological polar surface area (TPSA) is 271 Å². The lowest BCUT2D eigenvalue weighted by Crippen LogP contribution is -2.60. The number of carbonyl (C=O) groups is 4. The number of phenolic OH excluding ortho intramolecular Hbond substituents is 1. The summed E-state index contributed by atoms with van der Waals surface area (Å²) >= 11 is 0. The van der Waals surface area contributed by atoms with Crippen LogP contribution in [0.25, 0.3) is 10.9 Å². The number of H-pyrrole nitrogens is 1. The van der Waals surface area contributed by atoms with E-state index in [1.807, 2.05) is 24.3 Å². The Balaban J connectivity index is 1.78. The minimum Gasteiger partial charge on any atom is -0.508 e. The number of hydrogen-bond donors (Lipinski definition) is 10. The molecular formula is C30H40N8O7. The number of benzene rings is 2. The summed E-state index contributed by atoms with van der Waals surface area (Å²) in [7, 11) is 0. The zero-order valence-electron chi connectivity index (χ0n) is 24.8. The number of carbonyl (C=O) groups excluding carboxylic acids is 3. The fourth-order valence-electron chi connectivity index (χ4n) is 4.67. The molecule has 0 bridgehead atoms. The van der Waals surface area contributed by atoms with E-state index in [0.717, 1.165) is 10.9 Å². The van der Waals surface area contributed by atoms with Gasteiger partial charge in [0.05, 0.1) is 12.1 Å². The van der Waals surface area contributed by atoms with Gasteiger partial charge in [0.1, 0.15) is 23.9 Å².